The van der Waals surface area contributed by atoms with Crippen molar-refractivity contribution >= 4 is 11.9 Å². The average molecular weight is 466 g/mol. The summed E-state index contributed by atoms with van der Waals surface area (Å²) < 4.78 is 68.9. The average Bonchev–Trinajstić information content (AvgIpc) is 3.39. The number of carboxylic acids is 2. The van der Waals surface area contributed by atoms with Gasteiger partial charge >= 0.3 is 24.3 Å². The van der Waals surface area contributed by atoms with Gasteiger partial charge in [0.05, 0.1) is 6.61 Å². The third-order valence-electron chi connectivity index (χ3n) is 5.42. The van der Waals surface area contributed by atoms with Gasteiger partial charge in [0.2, 0.25) is 0 Å². The van der Waals surface area contributed by atoms with Gasteiger partial charge in [-0.3, -0.25) is 4.90 Å². The molecule has 7 nitrogen and oxygen atoms in total. The lowest BCUT2D eigenvalue weighted by molar-refractivity contribution is -0.193. The second-order valence-electron chi connectivity index (χ2n) is 8.04. The molecular formula is C18H28F6N2O5. The fraction of sp³-hybridized carbons (Fsp3) is 0.889. The number of alkyl halides is 6. The Labute approximate surface area is 175 Å². The van der Waals surface area contributed by atoms with E-state index in [0.717, 1.165) is 12.5 Å². The van der Waals surface area contributed by atoms with Crippen molar-refractivity contribution in [1.29, 1.82) is 0 Å². The van der Waals surface area contributed by atoms with Gasteiger partial charge in [-0.1, -0.05) is 0 Å². The Morgan fingerprint density at radius 1 is 1.03 bits per heavy atom. The maximum Gasteiger partial charge on any atom is 0.490 e. The second kappa shape index (κ2) is 11.3. The molecule has 2 heterocycles. The molecule has 0 radical (unpaired) electrons. The van der Waals surface area contributed by atoms with Crippen LogP contribution in [0.3, 0.4) is 0 Å². The van der Waals surface area contributed by atoms with E-state index >= 15 is 0 Å². The summed E-state index contributed by atoms with van der Waals surface area (Å²) in [5.41, 5.74) is 0.614. The second-order valence-corrected chi connectivity index (χ2v) is 8.04. The van der Waals surface area contributed by atoms with Gasteiger partial charge in [0.1, 0.15) is 0 Å². The molecule has 2 aliphatic heterocycles. The van der Waals surface area contributed by atoms with Crippen molar-refractivity contribution in [3.05, 3.63) is 0 Å². The summed E-state index contributed by atoms with van der Waals surface area (Å²) in [7, 11) is 1.85. The Hall–Kier alpha value is -1.60. The van der Waals surface area contributed by atoms with Gasteiger partial charge in [-0.25, -0.2) is 9.59 Å². The highest BCUT2D eigenvalue weighted by Gasteiger charge is 2.45. The third-order valence-corrected chi connectivity index (χ3v) is 5.42. The number of piperidine rings is 1. The summed E-state index contributed by atoms with van der Waals surface area (Å²) in [4.78, 5) is 20.5. The highest BCUT2D eigenvalue weighted by atomic mass is 19.4. The van der Waals surface area contributed by atoms with Crippen LogP contribution in [0, 0.1) is 11.3 Å². The summed E-state index contributed by atoms with van der Waals surface area (Å²) >= 11 is 0. The van der Waals surface area contributed by atoms with Crippen LogP contribution in [0.15, 0.2) is 0 Å². The molecule has 1 saturated carbocycles. The molecule has 0 aromatic rings. The number of hydrogen-bond acceptors (Lipinski definition) is 5. The van der Waals surface area contributed by atoms with E-state index in [0.29, 0.717) is 11.5 Å². The van der Waals surface area contributed by atoms with E-state index in [-0.39, 0.29) is 0 Å². The SMILES string of the molecule is COCC1CC2(CCNCC2)CN1CC1CC1.O=C(O)C(F)(F)F.O=C(O)C(F)(F)F. The van der Waals surface area contributed by atoms with Gasteiger partial charge in [-0.2, -0.15) is 26.3 Å². The fourth-order valence-electron chi connectivity index (χ4n) is 3.78. The summed E-state index contributed by atoms with van der Waals surface area (Å²) in [6, 6.07) is 0.693. The maximum atomic E-state index is 10.6. The molecule has 3 fully saturated rings. The Bertz CT molecular complexity index is 565. The molecule has 2 saturated heterocycles. The normalized spacial score (nSPS) is 23.4. The predicted molar refractivity (Wildman–Crippen MR) is 96.5 cm³/mol. The molecule has 0 aromatic carbocycles. The van der Waals surface area contributed by atoms with Gasteiger partial charge in [-0.15, -0.1) is 0 Å². The third kappa shape index (κ3) is 10.0. The number of aliphatic carboxylic acids is 2. The molecule has 31 heavy (non-hydrogen) atoms. The Morgan fingerprint density at radius 3 is 1.84 bits per heavy atom. The number of carboxylic acid groups (broad SMARTS) is 2. The van der Waals surface area contributed by atoms with Gasteiger partial charge in [0, 0.05) is 26.2 Å². The lowest BCUT2D eigenvalue weighted by Gasteiger charge is -2.33. The van der Waals surface area contributed by atoms with Gasteiger partial charge in [0.15, 0.2) is 0 Å². The number of ether oxygens (including phenoxy) is 1. The molecular weight excluding hydrogens is 438 g/mol. The maximum absolute atomic E-state index is 10.6. The Kier molecular flexibility index (Phi) is 10.0. The highest BCUT2D eigenvalue weighted by Crippen LogP contribution is 2.43. The van der Waals surface area contributed by atoms with E-state index in [9.17, 15) is 26.3 Å². The van der Waals surface area contributed by atoms with Crippen molar-refractivity contribution in [2.45, 2.75) is 50.5 Å². The predicted octanol–water partition coefficient (Wildman–Crippen LogP) is 2.75. The molecule has 13 heteroatoms. The molecule has 0 bridgehead atoms. The van der Waals surface area contributed by atoms with Crippen molar-refractivity contribution in [1.82, 2.24) is 10.2 Å². The van der Waals surface area contributed by atoms with Crippen LogP contribution in [0.2, 0.25) is 0 Å². The topological polar surface area (TPSA) is 99.1 Å². The summed E-state index contributed by atoms with van der Waals surface area (Å²) in [6.45, 7) is 6.04. The van der Waals surface area contributed by atoms with Crippen molar-refractivity contribution in [3.8, 4) is 0 Å². The molecule has 0 aromatic heterocycles. The molecule has 1 unspecified atom stereocenters. The molecule has 1 atom stereocenters. The van der Waals surface area contributed by atoms with Crippen molar-refractivity contribution in [3.63, 3.8) is 0 Å². The molecule has 0 amide bonds. The number of likely N-dealkylation sites (tertiary alicyclic amines) is 1. The Morgan fingerprint density at radius 2 is 1.48 bits per heavy atom. The molecule has 182 valence electrons. The van der Waals surface area contributed by atoms with E-state index in [4.69, 9.17) is 24.5 Å². The first-order chi connectivity index (χ1) is 14.2. The molecule has 3 rings (SSSR count). The van der Waals surface area contributed by atoms with Crippen molar-refractivity contribution in [2.24, 2.45) is 11.3 Å². The van der Waals surface area contributed by atoms with Crippen molar-refractivity contribution in [2.75, 3.05) is 39.9 Å². The summed E-state index contributed by atoms with van der Waals surface area (Å²) in [5.74, 6) is -4.51. The van der Waals surface area contributed by atoms with E-state index in [1.54, 1.807) is 0 Å². The van der Waals surface area contributed by atoms with Crippen LogP contribution in [0.4, 0.5) is 26.3 Å². The fourth-order valence-corrected chi connectivity index (χ4v) is 3.78. The van der Waals surface area contributed by atoms with E-state index in [1.165, 1.54) is 58.3 Å². The molecule has 3 N–H and O–H groups in total. The number of nitrogens with one attached hydrogen (secondary N) is 1. The van der Waals surface area contributed by atoms with Gasteiger partial charge < -0.3 is 20.3 Å². The standard InChI is InChI=1S/C14H26N2O.2C2HF3O2/c1-17-10-13-8-14(4-6-15-7-5-14)11-16(13)9-12-2-3-12;2*3-2(4,5)1(6)7/h12-13,15H,2-11H2,1H3;2*(H,6,7). The minimum Gasteiger partial charge on any atom is -0.475 e. The molecule has 1 aliphatic carbocycles. The Balaban J connectivity index is 0.000000288. The smallest absolute Gasteiger partial charge is 0.475 e. The molecule has 3 aliphatic rings. The van der Waals surface area contributed by atoms with E-state index in [1.807, 2.05) is 7.11 Å². The minimum atomic E-state index is -5.08. The quantitative estimate of drug-likeness (QED) is 0.548. The largest absolute Gasteiger partial charge is 0.490 e. The van der Waals surface area contributed by atoms with Crippen LogP contribution in [-0.4, -0.2) is 85.3 Å². The number of carbonyl (C=O) groups is 2. The van der Waals surface area contributed by atoms with Crippen LogP contribution in [0.1, 0.15) is 32.1 Å². The van der Waals surface area contributed by atoms with E-state index in [2.05, 4.69) is 10.2 Å². The zero-order valence-corrected chi connectivity index (χ0v) is 17.1. The number of methoxy groups -OCH3 is 1. The first-order valence-electron chi connectivity index (χ1n) is 9.74. The van der Waals surface area contributed by atoms with Crippen molar-refractivity contribution < 1.29 is 50.9 Å². The first-order valence-corrected chi connectivity index (χ1v) is 9.74. The van der Waals surface area contributed by atoms with Crippen LogP contribution >= 0.6 is 0 Å². The number of rotatable bonds is 4. The summed E-state index contributed by atoms with van der Waals surface area (Å²) in [6.07, 6.45) is -3.13. The summed E-state index contributed by atoms with van der Waals surface area (Å²) in [5, 5.41) is 17.8. The van der Waals surface area contributed by atoms with Crippen LogP contribution in [0.25, 0.3) is 0 Å². The zero-order chi connectivity index (χ0) is 23.9. The number of nitrogens with zero attached hydrogens (tertiary/aromatic N) is 1. The van der Waals surface area contributed by atoms with Crippen LogP contribution in [0.5, 0.6) is 0 Å². The monoisotopic (exact) mass is 466 g/mol. The van der Waals surface area contributed by atoms with Crippen LogP contribution < -0.4 is 5.32 Å². The minimum absolute atomic E-state index is 0.614. The lowest BCUT2D eigenvalue weighted by atomic mass is 9.77. The highest BCUT2D eigenvalue weighted by molar-refractivity contribution is 5.73. The van der Waals surface area contributed by atoms with Gasteiger partial charge in [-0.05, 0) is 56.5 Å². The van der Waals surface area contributed by atoms with Gasteiger partial charge in [0.25, 0.3) is 0 Å². The van der Waals surface area contributed by atoms with Crippen LogP contribution in [-0.2, 0) is 14.3 Å². The zero-order valence-electron chi connectivity index (χ0n) is 17.1. The number of halogens is 6. The first kappa shape index (κ1) is 27.4. The lowest BCUT2D eigenvalue weighted by Crippen LogP contribution is -2.39. The van der Waals surface area contributed by atoms with E-state index < -0.39 is 24.3 Å². The molecule has 1 spiro atoms. The number of hydrogen-bond donors (Lipinski definition) is 3.